The first-order valence-corrected chi connectivity index (χ1v) is 6.71. The maximum absolute atomic E-state index is 4.21. The lowest BCUT2D eigenvalue weighted by molar-refractivity contribution is 0.456. The Labute approximate surface area is 112 Å². The van der Waals surface area contributed by atoms with Gasteiger partial charge in [-0.05, 0) is 29.0 Å². The van der Waals surface area contributed by atoms with E-state index in [1.807, 2.05) is 35.0 Å². The average Bonchev–Trinajstić information content (AvgIpc) is 2.97. The van der Waals surface area contributed by atoms with Crippen LogP contribution < -0.4 is 10.2 Å². The number of benzene rings is 1. The third-order valence-corrected chi connectivity index (χ3v) is 3.53. The van der Waals surface area contributed by atoms with Gasteiger partial charge in [0.15, 0.2) is 0 Å². The van der Waals surface area contributed by atoms with Gasteiger partial charge in [-0.1, -0.05) is 30.2 Å². The first-order chi connectivity index (χ1) is 9.40. The van der Waals surface area contributed by atoms with Gasteiger partial charge >= 0.3 is 0 Å². The van der Waals surface area contributed by atoms with E-state index in [4.69, 9.17) is 0 Å². The Balaban J connectivity index is 1.95. The highest BCUT2D eigenvalue weighted by Gasteiger charge is 2.25. The molecule has 1 unspecified atom stereocenters. The highest BCUT2D eigenvalue weighted by molar-refractivity contribution is 5.41. The Morgan fingerprint density at radius 1 is 1.32 bits per heavy atom. The lowest BCUT2D eigenvalue weighted by Gasteiger charge is -2.35. The zero-order valence-corrected chi connectivity index (χ0v) is 11.0. The van der Waals surface area contributed by atoms with Crippen LogP contribution in [0.1, 0.15) is 13.3 Å². The van der Waals surface area contributed by atoms with Crippen LogP contribution in [0.5, 0.6) is 0 Å². The summed E-state index contributed by atoms with van der Waals surface area (Å²) in [7, 11) is 0. The van der Waals surface area contributed by atoms with Crippen LogP contribution in [0.4, 0.5) is 5.95 Å². The number of hydrogen-bond acceptors (Lipinski definition) is 5. The minimum atomic E-state index is 0.446. The number of anilines is 1. The zero-order valence-electron chi connectivity index (χ0n) is 11.0. The summed E-state index contributed by atoms with van der Waals surface area (Å²) in [5, 5.41) is 15.6. The van der Waals surface area contributed by atoms with Crippen molar-refractivity contribution in [3.63, 3.8) is 0 Å². The molecule has 1 aromatic carbocycles. The molecule has 6 nitrogen and oxygen atoms in total. The molecule has 0 saturated carbocycles. The molecule has 0 bridgehead atoms. The van der Waals surface area contributed by atoms with Crippen molar-refractivity contribution in [2.75, 3.05) is 24.5 Å². The van der Waals surface area contributed by atoms with Crippen LogP contribution in [0.25, 0.3) is 5.69 Å². The molecule has 0 amide bonds. The Morgan fingerprint density at radius 2 is 2.16 bits per heavy atom. The fourth-order valence-corrected chi connectivity index (χ4v) is 2.49. The van der Waals surface area contributed by atoms with E-state index in [0.29, 0.717) is 6.04 Å². The third kappa shape index (κ3) is 2.31. The summed E-state index contributed by atoms with van der Waals surface area (Å²) in [6.45, 7) is 5.09. The van der Waals surface area contributed by atoms with E-state index >= 15 is 0 Å². The number of aromatic nitrogens is 4. The van der Waals surface area contributed by atoms with E-state index in [-0.39, 0.29) is 0 Å². The number of nitrogens with zero attached hydrogens (tertiary/aromatic N) is 5. The first-order valence-electron chi connectivity index (χ1n) is 6.71. The van der Waals surface area contributed by atoms with Crippen LogP contribution in [-0.4, -0.2) is 45.9 Å². The number of hydrogen-bond donors (Lipinski definition) is 1. The second kappa shape index (κ2) is 5.36. The number of piperazine rings is 1. The van der Waals surface area contributed by atoms with E-state index in [9.17, 15) is 0 Å². The van der Waals surface area contributed by atoms with Crippen LogP contribution in [0.2, 0.25) is 0 Å². The topological polar surface area (TPSA) is 58.9 Å². The van der Waals surface area contributed by atoms with Crippen molar-refractivity contribution in [3.8, 4) is 5.69 Å². The SMILES string of the molecule is CCC1CNCCN1c1nnnn1-c1ccccc1. The van der Waals surface area contributed by atoms with E-state index in [1.54, 1.807) is 0 Å². The Kier molecular flexibility index (Phi) is 3.41. The molecular formula is C13H18N6. The predicted octanol–water partition coefficient (Wildman–Crippen LogP) is 0.850. The van der Waals surface area contributed by atoms with Gasteiger partial charge in [0.05, 0.1) is 5.69 Å². The smallest absolute Gasteiger partial charge is 0.250 e. The van der Waals surface area contributed by atoms with Gasteiger partial charge in [-0.25, -0.2) is 0 Å². The molecule has 1 fully saturated rings. The molecule has 100 valence electrons. The lowest BCUT2D eigenvalue weighted by atomic mass is 10.1. The van der Waals surface area contributed by atoms with E-state index in [2.05, 4.69) is 32.7 Å². The average molecular weight is 258 g/mol. The van der Waals surface area contributed by atoms with Crippen LogP contribution >= 0.6 is 0 Å². The lowest BCUT2D eigenvalue weighted by Crippen LogP contribution is -2.52. The van der Waals surface area contributed by atoms with Gasteiger partial charge < -0.3 is 10.2 Å². The van der Waals surface area contributed by atoms with Crippen molar-refractivity contribution in [2.24, 2.45) is 0 Å². The first kappa shape index (κ1) is 12.1. The Hall–Kier alpha value is -1.95. The van der Waals surface area contributed by atoms with Crippen LogP contribution in [-0.2, 0) is 0 Å². The van der Waals surface area contributed by atoms with Crippen molar-refractivity contribution in [1.29, 1.82) is 0 Å². The highest BCUT2D eigenvalue weighted by Crippen LogP contribution is 2.19. The van der Waals surface area contributed by atoms with Crippen molar-refractivity contribution in [2.45, 2.75) is 19.4 Å². The quantitative estimate of drug-likeness (QED) is 0.884. The van der Waals surface area contributed by atoms with Crippen molar-refractivity contribution in [3.05, 3.63) is 30.3 Å². The zero-order chi connectivity index (χ0) is 13.1. The van der Waals surface area contributed by atoms with Gasteiger partial charge in [0.1, 0.15) is 0 Å². The molecule has 0 aliphatic carbocycles. The molecule has 19 heavy (non-hydrogen) atoms. The van der Waals surface area contributed by atoms with Crippen molar-refractivity contribution < 1.29 is 0 Å². The maximum atomic E-state index is 4.21. The number of tetrazole rings is 1. The van der Waals surface area contributed by atoms with Gasteiger partial charge in [0.2, 0.25) is 0 Å². The molecule has 2 heterocycles. The Morgan fingerprint density at radius 3 is 2.95 bits per heavy atom. The van der Waals surface area contributed by atoms with Gasteiger partial charge in [-0.2, -0.15) is 4.68 Å². The van der Waals surface area contributed by atoms with Crippen molar-refractivity contribution in [1.82, 2.24) is 25.5 Å². The summed E-state index contributed by atoms with van der Waals surface area (Å²) < 4.78 is 1.81. The molecule has 3 rings (SSSR count). The number of rotatable bonds is 3. The summed E-state index contributed by atoms with van der Waals surface area (Å²) in [4.78, 5) is 2.30. The number of nitrogens with one attached hydrogen (secondary N) is 1. The van der Waals surface area contributed by atoms with Gasteiger partial charge in [-0.15, -0.1) is 0 Å². The monoisotopic (exact) mass is 258 g/mol. The van der Waals surface area contributed by atoms with E-state index in [0.717, 1.165) is 37.7 Å². The van der Waals surface area contributed by atoms with Gasteiger partial charge in [0, 0.05) is 25.7 Å². The van der Waals surface area contributed by atoms with E-state index in [1.165, 1.54) is 0 Å². The largest absolute Gasteiger partial charge is 0.334 e. The molecule has 2 aromatic rings. The molecule has 1 saturated heterocycles. The van der Waals surface area contributed by atoms with Crippen LogP contribution in [0, 0.1) is 0 Å². The van der Waals surface area contributed by atoms with Crippen molar-refractivity contribution >= 4 is 5.95 Å². The third-order valence-electron chi connectivity index (χ3n) is 3.53. The molecule has 1 atom stereocenters. The fourth-order valence-electron chi connectivity index (χ4n) is 2.49. The summed E-state index contributed by atoms with van der Waals surface area (Å²) in [6, 6.07) is 10.5. The molecular weight excluding hydrogens is 240 g/mol. The van der Waals surface area contributed by atoms with E-state index < -0.39 is 0 Å². The molecule has 0 spiro atoms. The molecule has 1 aliphatic rings. The summed E-state index contributed by atoms with van der Waals surface area (Å²) in [6.07, 6.45) is 1.08. The maximum Gasteiger partial charge on any atom is 0.250 e. The molecule has 6 heteroatoms. The molecule has 1 N–H and O–H groups in total. The summed E-state index contributed by atoms with van der Waals surface area (Å²) >= 11 is 0. The Bertz CT molecular complexity index is 523. The van der Waals surface area contributed by atoms with Gasteiger partial charge in [-0.3, -0.25) is 0 Å². The molecule has 1 aliphatic heterocycles. The van der Waals surface area contributed by atoms with Crippen LogP contribution in [0.15, 0.2) is 30.3 Å². The standard InChI is InChI=1S/C13H18N6/c1-2-11-10-14-8-9-18(11)13-15-16-17-19(13)12-6-4-3-5-7-12/h3-7,11,14H,2,8-10H2,1H3. The molecule has 0 radical (unpaired) electrons. The predicted molar refractivity (Wildman–Crippen MR) is 73.4 cm³/mol. The minimum absolute atomic E-state index is 0.446. The fraction of sp³-hybridized carbons (Fsp3) is 0.462. The summed E-state index contributed by atoms with van der Waals surface area (Å²) in [5.41, 5.74) is 0.996. The summed E-state index contributed by atoms with van der Waals surface area (Å²) in [5.74, 6) is 0.833. The second-order valence-electron chi connectivity index (χ2n) is 4.69. The molecule has 1 aromatic heterocycles. The normalized spacial score (nSPS) is 19.6. The van der Waals surface area contributed by atoms with Crippen LogP contribution in [0.3, 0.4) is 0 Å². The number of para-hydroxylation sites is 1. The second-order valence-corrected chi connectivity index (χ2v) is 4.69. The minimum Gasteiger partial charge on any atom is -0.334 e. The van der Waals surface area contributed by atoms with Gasteiger partial charge in [0.25, 0.3) is 5.95 Å². The highest BCUT2D eigenvalue weighted by atomic mass is 15.6.